The second-order valence-corrected chi connectivity index (χ2v) is 5.10. The molecule has 0 unspecified atom stereocenters. The lowest BCUT2D eigenvalue weighted by molar-refractivity contribution is 0.572. The van der Waals surface area contributed by atoms with Gasteiger partial charge in [0.2, 0.25) is 0 Å². The van der Waals surface area contributed by atoms with E-state index in [0.29, 0.717) is 5.96 Å². The highest BCUT2D eigenvalue weighted by molar-refractivity contribution is 9.10. The summed E-state index contributed by atoms with van der Waals surface area (Å²) in [5, 5.41) is 4.45. The minimum absolute atomic E-state index is 0.246. The predicted molar refractivity (Wildman–Crippen MR) is 73.0 cm³/mol. The summed E-state index contributed by atoms with van der Waals surface area (Å²) in [6, 6.07) is 6.48. The van der Waals surface area contributed by atoms with Crippen LogP contribution in [0.5, 0.6) is 0 Å². The quantitative estimate of drug-likeness (QED) is 0.755. The molecule has 0 bridgehead atoms. The molecule has 1 aliphatic rings. The maximum Gasteiger partial charge on any atom is 0.189 e. The van der Waals surface area contributed by atoms with E-state index in [9.17, 15) is 0 Å². The van der Waals surface area contributed by atoms with Gasteiger partial charge in [0.15, 0.2) is 5.96 Å². The van der Waals surface area contributed by atoms with Crippen LogP contribution < -0.4 is 11.1 Å². The van der Waals surface area contributed by atoms with Crippen molar-refractivity contribution >= 4 is 32.8 Å². The van der Waals surface area contributed by atoms with Gasteiger partial charge in [-0.2, -0.15) is 0 Å². The average Bonchev–Trinajstić information content (AvgIpc) is 2.71. The van der Waals surface area contributed by atoms with Crippen LogP contribution in [0, 0.1) is 0 Å². The van der Waals surface area contributed by atoms with Crippen LogP contribution in [0.1, 0.15) is 18.0 Å². The molecule has 0 aliphatic carbocycles. The molecule has 5 heteroatoms. The standard InChI is InChI=1S/C12H13BrN4/c13-7-1-2-10-8(5-7)9(6-16-10)11-3-4-15-12(14)17-11/h1-2,5-6,11,16H,3-4H2,(H3,14,15,17)/t11-/m0/s1. The van der Waals surface area contributed by atoms with Crippen LogP contribution in [0.25, 0.3) is 10.9 Å². The van der Waals surface area contributed by atoms with Gasteiger partial charge in [-0.3, -0.25) is 4.99 Å². The summed E-state index contributed by atoms with van der Waals surface area (Å²) < 4.78 is 1.09. The molecule has 0 fully saturated rings. The number of guanidine groups is 1. The Morgan fingerprint density at radius 2 is 2.29 bits per heavy atom. The van der Waals surface area contributed by atoms with Crippen molar-refractivity contribution in [2.24, 2.45) is 10.7 Å². The molecule has 1 aromatic carbocycles. The van der Waals surface area contributed by atoms with Gasteiger partial charge in [-0.1, -0.05) is 15.9 Å². The Morgan fingerprint density at radius 1 is 1.41 bits per heavy atom. The van der Waals surface area contributed by atoms with Gasteiger partial charge < -0.3 is 16.0 Å². The first-order valence-corrected chi connectivity index (χ1v) is 6.36. The molecule has 0 saturated carbocycles. The number of hydrogen-bond acceptors (Lipinski definition) is 3. The van der Waals surface area contributed by atoms with Crippen molar-refractivity contribution in [3.8, 4) is 0 Å². The number of nitrogens with two attached hydrogens (primary N) is 1. The third kappa shape index (κ3) is 1.91. The number of fused-ring (bicyclic) bond motifs is 1. The minimum Gasteiger partial charge on any atom is -0.370 e. The molecule has 1 aromatic heterocycles. The van der Waals surface area contributed by atoms with Crippen molar-refractivity contribution in [3.05, 3.63) is 34.4 Å². The summed E-state index contributed by atoms with van der Waals surface area (Å²) in [6.07, 6.45) is 3.02. The van der Waals surface area contributed by atoms with Gasteiger partial charge in [0.05, 0.1) is 6.04 Å². The van der Waals surface area contributed by atoms with E-state index in [1.807, 2.05) is 12.3 Å². The lowest BCUT2D eigenvalue weighted by atomic mass is 10.0. The molecule has 0 radical (unpaired) electrons. The lowest BCUT2D eigenvalue weighted by Crippen LogP contribution is -2.38. The van der Waals surface area contributed by atoms with Crippen molar-refractivity contribution in [2.45, 2.75) is 12.5 Å². The van der Waals surface area contributed by atoms with Crippen LogP contribution >= 0.6 is 15.9 Å². The molecular formula is C12H13BrN4. The molecule has 88 valence electrons. The Morgan fingerprint density at radius 3 is 3.12 bits per heavy atom. The van der Waals surface area contributed by atoms with E-state index in [0.717, 1.165) is 23.0 Å². The van der Waals surface area contributed by atoms with E-state index in [4.69, 9.17) is 5.73 Å². The molecule has 0 amide bonds. The zero-order valence-electron chi connectivity index (χ0n) is 9.20. The largest absolute Gasteiger partial charge is 0.370 e. The normalized spacial score (nSPS) is 20.1. The molecule has 0 spiro atoms. The fourth-order valence-corrected chi connectivity index (χ4v) is 2.61. The number of aromatic amines is 1. The van der Waals surface area contributed by atoms with E-state index in [1.54, 1.807) is 0 Å². The first kappa shape index (κ1) is 10.7. The highest BCUT2D eigenvalue weighted by Crippen LogP contribution is 2.29. The van der Waals surface area contributed by atoms with E-state index < -0.39 is 0 Å². The van der Waals surface area contributed by atoms with Gasteiger partial charge >= 0.3 is 0 Å². The molecule has 17 heavy (non-hydrogen) atoms. The van der Waals surface area contributed by atoms with Crippen molar-refractivity contribution in [1.29, 1.82) is 0 Å². The minimum atomic E-state index is 0.246. The van der Waals surface area contributed by atoms with Gasteiger partial charge in [-0.25, -0.2) is 0 Å². The first-order chi connectivity index (χ1) is 8.24. The second kappa shape index (κ2) is 4.07. The van der Waals surface area contributed by atoms with Crippen LogP contribution in [0.2, 0.25) is 0 Å². The van der Waals surface area contributed by atoms with Gasteiger partial charge in [0.1, 0.15) is 0 Å². The molecule has 4 nitrogen and oxygen atoms in total. The molecule has 3 rings (SSSR count). The molecular weight excluding hydrogens is 280 g/mol. The van der Waals surface area contributed by atoms with Crippen molar-refractivity contribution in [2.75, 3.05) is 6.54 Å². The van der Waals surface area contributed by atoms with E-state index >= 15 is 0 Å². The third-order valence-electron chi connectivity index (χ3n) is 3.07. The highest BCUT2D eigenvalue weighted by atomic mass is 79.9. The molecule has 4 N–H and O–H groups in total. The van der Waals surface area contributed by atoms with Gasteiger partial charge in [-0.05, 0) is 30.2 Å². The second-order valence-electron chi connectivity index (χ2n) is 4.19. The number of halogens is 1. The average molecular weight is 293 g/mol. The SMILES string of the molecule is NC1=NCC[C@@H](c2c[nH]c3ccc(Br)cc23)N1. The van der Waals surface area contributed by atoms with E-state index in [-0.39, 0.29) is 6.04 Å². The lowest BCUT2D eigenvalue weighted by Gasteiger charge is -2.22. The zero-order chi connectivity index (χ0) is 11.8. The van der Waals surface area contributed by atoms with Crippen molar-refractivity contribution < 1.29 is 0 Å². The zero-order valence-corrected chi connectivity index (χ0v) is 10.8. The Balaban J connectivity index is 2.05. The molecule has 2 aromatic rings. The summed E-state index contributed by atoms with van der Waals surface area (Å²) in [5.41, 5.74) is 8.12. The van der Waals surface area contributed by atoms with E-state index in [1.165, 1.54) is 10.9 Å². The van der Waals surface area contributed by atoms with Gasteiger partial charge in [0.25, 0.3) is 0 Å². The van der Waals surface area contributed by atoms with E-state index in [2.05, 4.69) is 43.4 Å². The van der Waals surface area contributed by atoms with Crippen molar-refractivity contribution in [3.63, 3.8) is 0 Å². The number of aliphatic imine (C=N–C) groups is 1. The smallest absolute Gasteiger partial charge is 0.189 e. The molecule has 1 atom stereocenters. The Labute approximate surface area is 107 Å². The molecule has 1 aliphatic heterocycles. The molecule has 0 saturated heterocycles. The predicted octanol–water partition coefficient (Wildman–Crippen LogP) is 2.28. The summed E-state index contributed by atoms with van der Waals surface area (Å²) >= 11 is 3.50. The number of benzene rings is 1. The number of rotatable bonds is 1. The summed E-state index contributed by atoms with van der Waals surface area (Å²) in [6.45, 7) is 0.782. The Kier molecular flexibility index (Phi) is 2.55. The maximum atomic E-state index is 5.72. The topological polar surface area (TPSA) is 66.2 Å². The monoisotopic (exact) mass is 292 g/mol. The summed E-state index contributed by atoms with van der Waals surface area (Å²) in [4.78, 5) is 7.44. The first-order valence-electron chi connectivity index (χ1n) is 5.57. The highest BCUT2D eigenvalue weighted by Gasteiger charge is 2.18. The number of nitrogens with zero attached hydrogens (tertiary/aromatic N) is 1. The van der Waals surface area contributed by atoms with Crippen LogP contribution in [-0.2, 0) is 0 Å². The molecule has 2 heterocycles. The van der Waals surface area contributed by atoms with Crippen LogP contribution in [0.15, 0.2) is 33.9 Å². The van der Waals surface area contributed by atoms with Gasteiger partial charge in [0, 0.05) is 28.1 Å². The number of aromatic nitrogens is 1. The summed E-state index contributed by atoms with van der Waals surface area (Å²) in [7, 11) is 0. The van der Waals surface area contributed by atoms with Crippen LogP contribution in [0.3, 0.4) is 0 Å². The van der Waals surface area contributed by atoms with Crippen molar-refractivity contribution in [1.82, 2.24) is 10.3 Å². The summed E-state index contributed by atoms with van der Waals surface area (Å²) in [5.74, 6) is 0.533. The maximum absolute atomic E-state index is 5.72. The Hall–Kier alpha value is -1.49. The van der Waals surface area contributed by atoms with Crippen LogP contribution in [-0.4, -0.2) is 17.5 Å². The number of hydrogen-bond donors (Lipinski definition) is 3. The fourth-order valence-electron chi connectivity index (χ4n) is 2.25. The number of nitrogens with one attached hydrogen (secondary N) is 2. The Bertz CT molecular complexity index is 587. The number of H-pyrrole nitrogens is 1. The van der Waals surface area contributed by atoms with Gasteiger partial charge in [-0.15, -0.1) is 0 Å². The third-order valence-corrected chi connectivity index (χ3v) is 3.57. The van der Waals surface area contributed by atoms with Crippen LogP contribution in [0.4, 0.5) is 0 Å². The fraction of sp³-hybridized carbons (Fsp3) is 0.250.